The van der Waals surface area contributed by atoms with Crippen molar-refractivity contribution in [3.05, 3.63) is 69.8 Å². The zero-order valence-corrected chi connectivity index (χ0v) is 13.5. The second kappa shape index (κ2) is 7.50. The molecular weight excluding hydrogens is 308 g/mol. The minimum atomic E-state index is -0.764. The fourth-order valence-corrected chi connectivity index (χ4v) is 2.14. The van der Waals surface area contributed by atoms with Crippen LogP contribution in [0.15, 0.2) is 48.5 Å². The molecule has 0 aliphatic carbocycles. The highest BCUT2D eigenvalue weighted by Crippen LogP contribution is 2.26. The maximum absolute atomic E-state index is 12.3. The predicted octanol–water partition coefficient (Wildman–Crippen LogP) is 3.73. The molecule has 124 valence electrons. The van der Waals surface area contributed by atoms with E-state index in [1.54, 1.807) is 18.2 Å². The molecule has 0 aliphatic rings. The number of nitrogens with one attached hydrogen (secondary N) is 1. The minimum Gasteiger partial charge on any atom is -0.379 e. The van der Waals surface area contributed by atoms with Crippen LogP contribution in [0.3, 0.4) is 0 Å². The van der Waals surface area contributed by atoms with E-state index in [4.69, 9.17) is 0 Å². The molecule has 0 saturated carbocycles. The summed E-state index contributed by atoms with van der Waals surface area (Å²) in [7, 11) is 0. The zero-order chi connectivity index (χ0) is 17.7. The van der Waals surface area contributed by atoms with Gasteiger partial charge in [-0.3, -0.25) is 19.7 Å². The lowest BCUT2D eigenvalue weighted by Crippen LogP contribution is -2.15. The van der Waals surface area contributed by atoms with E-state index in [9.17, 15) is 19.7 Å². The number of nitro benzene ring substituents is 1. The topological polar surface area (TPSA) is 89.3 Å². The van der Waals surface area contributed by atoms with Crippen molar-refractivity contribution in [2.24, 2.45) is 5.92 Å². The van der Waals surface area contributed by atoms with E-state index >= 15 is 0 Å². The maximum atomic E-state index is 12.3. The average molecular weight is 326 g/mol. The number of Topliss-reactive ketones (excluding diaryl/α,β-unsaturated/α-hetero) is 2. The lowest BCUT2D eigenvalue weighted by Gasteiger charge is -2.10. The number of carbonyl (C=O) groups excluding carboxylic acids is 2. The number of benzene rings is 2. The second-order valence-electron chi connectivity index (χ2n) is 5.79. The molecule has 2 aromatic rings. The summed E-state index contributed by atoms with van der Waals surface area (Å²) in [5, 5.41) is 14.2. The molecule has 0 aromatic heterocycles. The molecule has 2 rings (SSSR count). The van der Waals surface area contributed by atoms with Crippen LogP contribution >= 0.6 is 0 Å². The van der Waals surface area contributed by atoms with Gasteiger partial charge in [-0.15, -0.1) is 0 Å². The number of hydrogen-bond acceptors (Lipinski definition) is 5. The van der Waals surface area contributed by atoms with Crippen LogP contribution in [0.4, 0.5) is 11.4 Å². The van der Waals surface area contributed by atoms with Gasteiger partial charge in [-0.2, -0.15) is 0 Å². The van der Waals surface area contributed by atoms with Crippen LogP contribution < -0.4 is 5.32 Å². The van der Waals surface area contributed by atoms with E-state index < -0.39 is 16.5 Å². The minimum absolute atomic E-state index is 0.00523. The number of nitrogens with zero attached hydrogens (tertiary/aromatic N) is 1. The van der Waals surface area contributed by atoms with Gasteiger partial charge in [-0.25, -0.2) is 0 Å². The third kappa shape index (κ3) is 4.04. The highest BCUT2D eigenvalue weighted by molar-refractivity contribution is 6.49. The van der Waals surface area contributed by atoms with E-state index in [1.807, 2.05) is 13.8 Å². The summed E-state index contributed by atoms with van der Waals surface area (Å²) in [5.74, 6) is -1.14. The second-order valence-corrected chi connectivity index (χ2v) is 5.79. The Morgan fingerprint density at radius 1 is 1.04 bits per heavy atom. The predicted molar refractivity (Wildman–Crippen MR) is 91.5 cm³/mol. The van der Waals surface area contributed by atoms with Gasteiger partial charge in [0.15, 0.2) is 0 Å². The Morgan fingerprint density at radius 2 is 1.67 bits per heavy atom. The first-order valence-electron chi connectivity index (χ1n) is 7.56. The Balaban J connectivity index is 2.31. The third-order valence-electron chi connectivity index (χ3n) is 3.40. The van der Waals surface area contributed by atoms with Gasteiger partial charge in [0, 0.05) is 23.7 Å². The molecule has 0 atom stereocenters. The van der Waals surface area contributed by atoms with Crippen LogP contribution in [0.1, 0.15) is 34.6 Å². The largest absolute Gasteiger partial charge is 0.379 e. The van der Waals surface area contributed by atoms with Crippen molar-refractivity contribution < 1.29 is 14.5 Å². The molecule has 6 nitrogen and oxygen atoms in total. The quantitative estimate of drug-likeness (QED) is 0.362. The number of hydrogen-bond donors (Lipinski definition) is 1. The van der Waals surface area contributed by atoms with E-state index in [0.29, 0.717) is 18.2 Å². The molecule has 0 heterocycles. The number of rotatable bonds is 7. The molecule has 6 heteroatoms. The lowest BCUT2D eigenvalue weighted by molar-refractivity contribution is -0.384. The van der Waals surface area contributed by atoms with E-state index in [1.165, 1.54) is 24.3 Å². The number of ketones is 2. The molecule has 0 fully saturated rings. The summed E-state index contributed by atoms with van der Waals surface area (Å²) in [6.07, 6.45) is 0. The Bertz CT molecular complexity index is 770. The van der Waals surface area contributed by atoms with Crippen LogP contribution in [0.5, 0.6) is 0 Å². The van der Waals surface area contributed by atoms with Gasteiger partial charge in [-0.05, 0) is 18.1 Å². The SMILES string of the molecule is CC(C)CNc1ccc(C(=O)C(=O)c2ccccc2)cc1[N+](=O)[O-]. The van der Waals surface area contributed by atoms with Gasteiger partial charge in [0.1, 0.15) is 5.69 Å². The van der Waals surface area contributed by atoms with Crippen LogP contribution in [0.2, 0.25) is 0 Å². The van der Waals surface area contributed by atoms with Crippen LogP contribution in [-0.2, 0) is 0 Å². The summed E-state index contributed by atoms with van der Waals surface area (Å²) in [4.78, 5) is 35.2. The Labute approximate surface area is 139 Å². The first-order valence-corrected chi connectivity index (χ1v) is 7.56. The van der Waals surface area contributed by atoms with Crippen molar-refractivity contribution in [1.29, 1.82) is 0 Å². The fourth-order valence-electron chi connectivity index (χ4n) is 2.14. The summed E-state index contributed by atoms with van der Waals surface area (Å²) in [5.41, 5.74) is 0.373. The van der Waals surface area contributed by atoms with Crippen molar-refractivity contribution in [3.63, 3.8) is 0 Å². The highest BCUT2D eigenvalue weighted by Gasteiger charge is 2.22. The van der Waals surface area contributed by atoms with E-state index in [0.717, 1.165) is 6.07 Å². The molecule has 0 unspecified atom stereocenters. The molecule has 0 bridgehead atoms. The van der Waals surface area contributed by atoms with Gasteiger partial charge in [0.2, 0.25) is 11.6 Å². The molecule has 1 N–H and O–H groups in total. The lowest BCUT2D eigenvalue weighted by atomic mass is 10.0. The summed E-state index contributed by atoms with van der Waals surface area (Å²) in [6.45, 7) is 4.53. The normalized spacial score (nSPS) is 10.5. The number of nitro groups is 1. The monoisotopic (exact) mass is 326 g/mol. The molecule has 0 radical (unpaired) electrons. The average Bonchev–Trinajstić information content (AvgIpc) is 2.59. The van der Waals surface area contributed by atoms with Gasteiger partial charge >= 0.3 is 0 Å². The Morgan fingerprint density at radius 3 is 2.25 bits per heavy atom. The Kier molecular flexibility index (Phi) is 5.42. The molecule has 0 spiro atoms. The van der Waals surface area contributed by atoms with Crippen molar-refractivity contribution in [1.82, 2.24) is 0 Å². The van der Waals surface area contributed by atoms with Crippen molar-refractivity contribution in [3.8, 4) is 0 Å². The molecule has 0 saturated heterocycles. The van der Waals surface area contributed by atoms with Crippen molar-refractivity contribution in [2.75, 3.05) is 11.9 Å². The summed E-state index contributed by atoms with van der Waals surface area (Å²) < 4.78 is 0. The first kappa shape index (κ1) is 17.3. The maximum Gasteiger partial charge on any atom is 0.293 e. The summed E-state index contributed by atoms with van der Waals surface area (Å²) in [6, 6.07) is 12.2. The first-order chi connectivity index (χ1) is 11.4. The molecule has 2 aromatic carbocycles. The highest BCUT2D eigenvalue weighted by atomic mass is 16.6. The van der Waals surface area contributed by atoms with Gasteiger partial charge < -0.3 is 5.32 Å². The smallest absolute Gasteiger partial charge is 0.293 e. The van der Waals surface area contributed by atoms with Crippen molar-refractivity contribution in [2.45, 2.75) is 13.8 Å². The molecule has 24 heavy (non-hydrogen) atoms. The van der Waals surface area contributed by atoms with E-state index in [-0.39, 0.29) is 16.8 Å². The summed E-state index contributed by atoms with van der Waals surface area (Å²) >= 11 is 0. The number of anilines is 1. The molecule has 0 amide bonds. The molecular formula is C18H18N2O4. The standard InChI is InChI=1S/C18H18N2O4/c1-12(2)11-19-15-9-8-14(10-16(15)20(23)24)18(22)17(21)13-6-4-3-5-7-13/h3-10,12,19H,11H2,1-2H3. The van der Waals surface area contributed by atoms with E-state index in [2.05, 4.69) is 5.32 Å². The Hall–Kier alpha value is -3.02. The molecule has 0 aliphatic heterocycles. The third-order valence-corrected chi connectivity index (χ3v) is 3.40. The number of carbonyl (C=O) groups is 2. The van der Waals surface area contributed by atoms with Crippen molar-refractivity contribution >= 4 is 22.9 Å². The van der Waals surface area contributed by atoms with Crippen LogP contribution in [0.25, 0.3) is 0 Å². The van der Waals surface area contributed by atoms with Gasteiger partial charge in [0.05, 0.1) is 4.92 Å². The zero-order valence-electron chi connectivity index (χ0n) is 13.5. The fraction of sp³-hybridized carbons (Fsp3) is 0.222. The van der Waals surface area contributed by atoms with Crippen LogP contribution in [-0.4, -0.2) is 23.0 Å². The van der Waals surface area contributed by atoms with Gasteiger partial charge in [-0.1, -0.05) is 44.2 Å². The van der Waals surface area contributed by atoms with Gasteiger partial charge in [0.25, 0.3) is 5.69 Å². The van der Waals surface area contributed by atoms with Crippen LogP contribution in [0, 0.1) is 16.0 Å².